The maximum absolute atomic E-state index is 12.4. The highest BCUT2D eigenvalue weighted by atomic mass is 16.4. The minimum Gasteiger partial charge on any atom is -0.480 e. The van der Waals surface area contributed by atoms with E-state index in [4.69, 9.17) is 10.1 Å². The zero-order valence-corrected chi connectivity index (χ0v) is 22.7. The maximum Gasteiger partial charge on any atom is 0.322 e. The smallest absolute Gasteiger partial charge is 0.322 e. The first-order valence-corrected chi connectivity index (χ1v) is 13.3. The van der Waals surface area contributed by atoms with Crippen LogP contribution < -0.4 is 10.2 Å². The third-order valence-electron chi connectivity index (χ3n) is 7.50. The minimum atomic E-state index is -1.64. The summed E-state index contributed by atoms with van der Waals surface area (Å²) in [6.45, 7) is 6.67. The molecule has 208 valence electrons. The summed E-state index contributed by atoms with van der Waals surface area (Å²) in [5.41, 5.74) is 1.17. The number of nitrogens with one attached hydrogen (secondary N) is 1. The molecular formula is C29H37N5O5. The summed E-state index contributed by atoms with van der Waals surface area (Å²) in [7, 11) is 0. The van der Waals surface area contributed by atoms with E-state index >= 15 is 0 Å². The predicted octanol–water partition coefficient (Wildman–Crippen LogP) is 2.43. The number of amides is 1. The third kappa shape index (κ3) is 6.88. The van der Waals surface area contributed by atoms with Crippen LogP contribution in [0.15, 0.2) is 52.6 Å². The number of nitrogens with zero attached hydrogens (tertiary/aromatic N) is 4. The Morgan fingerprint density at radius 2 is 1.77 bits per heavy atom. The third-order valence-corrected chi connectivity index (χ3v) is 7.50. The summed E-state index contributed by atoms with van der Waals surface area (Å²) in [5.74, 6) is -0.595. The van der Waals surface area contributed by atoms with Crippen LogP contribution in [0.3, 0.4) is 0 Å². The second kappa shape index (κ2) is 11.6. The number of carbonyl (C=O) groups is 2. The molecular weight excluding hydrogens is 498 g/mol. The van der Waals surface area contributed by atoms with Gasteiger partial charge in [0.05, 0.1) is 6.61 Å². The van der Waals surface area contributed by atoms with Gasteiger partial charge in [0.2, 0.25) is 0 Å². The van der Waals surface area contributed by atoms with E-state index in [1.54, 1.807) is 0 Å². The van der Waals surface area contributed by atoms with Crippen molar-refractivity contribution >= 4 is 29.6 Å². The molecule has 3 heterocycles. The van der Waals surface area contributed by atoms with Crippen LogP contribution in [0, 0.1) is 5.92 Å². The number of anilines is 1. The van der Waals surface area contributed by atoms with E-state index in [1.807, 2.05) is 26.1 Å². The Labute approximate surface area is 228 Å². The quantitative estimate of drug-likeness (QED) is 0.385. The summed E-state index contributed by atoms with van der Waals surface area (Å²) < 4.78 is 0. The number of rotatable bonds is 9. The molecule has 1 aromatic carbocycles. The minimum absolute atomic E-state index is 0.0925. The molecule has 1 fully saturated rings. The number of benzene rings is 1. The van der Waals surface area contributed by atoms with Crippen molar-refractivity contribution in [2.75, 3.05) is 31.1 Å². The van der Waals surface area contributed by atoms with Gasteiger partial charge in [0.1, 0.15) is 29.8 Å². The predicted molar refractivity (Wildman–Crippen MR) is 150 cm³/mol. The van der Waals surface area contributed by atoms with Gasteiger partial charge in [-0.3, -0.25) is 19.6 Å². The van der Waals surface area contributed by atoms with Crippen LogP contribution in [0.4, 0.5) is 5.82 Å². The van der Waals surface area contributed by atoms with Crippen molar-refractivity contribution in [1.82, 2.24) is 10.3 Å². The van der Waals surface area contributed by atoms with Crippen molar-refractivity contribution in [3.05, 3.63) is 48.2 Å². The fourth-order valence-electron chi connectivity index (χ4n) is 4.89. The molecule has 1 amide bonds. The number of aliphatic hydroxyl groups is 2. The lowest BCUT2D eigenvalue weighted by Gasteiger charge is -2.34. The van der Waals surface area contributed by atoms with Gasteiger partial charge in [0, 0.05) is 36.5 Å². The lowest BCUT2D eigenvalue weighted by molar-refractivity contribution is -0.137. The Bertz CT molecular complexity index is 1230. The van der Waals surface area contributed by atoms with Gasteiger partial charge >= 0.3 is 5.97 Å². The standard InChI is InChI=1S/C29H37N5O5/c1-28(2,18-35)22-7-4-20(5-8-22)21-6-9-24(30-15-21)34-12-10-19(11-13-34)14-23-32-17-29(3,39)26(33-23)27(38)31-16-25(36)37/h4-9,15,17,19,23,35,39H,10-14,16,18H2,1-3H3,(H,31,38)(H,36,37). The molecule has 2 aliphatic heterocycles. The molecule has 1 saturated heterocycles. The zero-order chi connectivity index (χ0) is 28.2. The average Bonchev–Trinajstić information content (AvgIpc) is 2.93. The topological polar surface area (TPSA) is 148 Å². The van der Waals surface area contributed by atoms with E-state index in [-0.39, 0.29) is 17.7 Å². The largest absolute Gasteiger partial charge is 0.480 e. The van der Waals surface area contributed by atoms with Crippen LogP contribution in [0.25, 0.3) is 11.1 Å². The van der Waals surface area contributed by atoms with Gasteiger partial charge in [-0.15, -0.1) is 0 Å². The van der Waals surface area contributed by atoms with E-state index in [0.717, 1.165) is 48.4 Å². The van der Waals surface area contributed by atoms with Crippen molar-refractivity contribution in [1.29, 1.82) is 0 Å². The Hall–Kier alpha value is -3.63. The molecule has 2 atom stereocenters. The molecule has 4 N–H and O–H groups in total. The van der Waals surface area contributed by atoms with Crippen molar-refractivity contribution in [2.45, 2.75) is 57.2 Å². The normalized spacial score (nSPS) is 21.9. The number of piperidine rings is 1. The molecule has 0 saturated carbocycles. The molecule has 10 nitrogen and oxygen atoms in total. The highest BCUT2D eigenvalue weighted by Crippen LogP contribution is 2.30. The van der Waals surface area contributed by atoms with Crippen molar-refractivity contribution < 1.29 is 24.9 Å². The number of aliphatic imine (C=N–C) groups is 2. The van der Waals surface area contributed by atoms with Crippen molar-refractivity contribution in [2.24, 2.45) is 15.9 Å². The van der Waals surface area contributed by atoms with Crippen LogP contribution >= 0.6 is 0 Å². The monoisotopic (exact) mass is 535 g/mol. The second-order valence-electron chi connectivity index (χ2n) is 11.2. The van der Waals surface area contributed by atoms with Crippen LogP contribution in [0.1, 0.15) is 45.6 Å². The van der Waals surface area contributed by atoms with Gasteiger partial charge in [-0.05, 0) is 55.4 Å². The van der Waals surface area contributed by atoms with Crippen LogP contribution in [-0.4, -0.2) is 82.1 Å². The van der Waals surface area contributed by atoms with Gasteiger partial charge in [-0.2, -0.15) is 0 Å². The summed E-state index contributed by atoms with van der Waals surface area (Å²) in [4.78, 5) is 38.9. The Morgan fingerprint density at radius 3 is 2.36 bits per heavy atom. The number of carboxylic acid groups (broad SMARTS) is 1. The van der Waals surface area contributed by atoms with Gasteiger partial charge in [-0.25, -0.2) is 4.98 Å². The molecule has 0 spiro atoms. The highest BCUT2D eigenvalue weighted by molar-refractivity contribution is 6.45. The lowest BCUT2D eigenvalue weighted by Crippen LogP contribution is -2.50. The van der Waals surface area contributed by atoms with Crippen LogP contribution in [-0.2, 0) is 15.0 Å². The zero-order valence-electron chi connectivity index (χ0n) is 22.7. The van der Waals surface area contributed by atoms with Gasteiger partial charge in [-0.1, -0.05) is 38.1 Å². The molecule has 2 unspecified atom stereocenters. The number of carboxylic acids is 1. The van der Waals surface area contributed by atoms with Crippen molar-refractivity contribution in [3.8, 4) is 11.1 Å². The Morgan fingerprint density at radius 1 is 1.10 bits per heavy atom. The number of pyridine rings is 1. The number of hydrogen-bond acceptors (Lipinski definition) is 8. The van der Waals surface area contributed by atoms with E-state index in [0.29, 0.717) is 12.3 Å². The van der Waals surface area contributed by atoms with E-state index < -0.39 is 30.2 Å². The molecule has 0 bridgehead atoms. The lowest BCUT2D eigenvalue weighted by atomic mass is 9.85. The van der Waals surface area contributed by atoms with Crippen LogP contribution in [0.5, 0.6) is 0 Å². The number of hydrogen-bond donors (Lipinski definition) is 4. The summed E-state index contributed by atoms with van der Waals surface area (Å²) in [6, 6.07) is 12.3. The van der Waals surface area contributed by atoms with Gasteiger partial charge in [0.15, 0.2) is 0 Å². The fourth-order valence-corrected chi connectivity index (χ4v) is 4.89. The number of carbonyl (C=O) groups excluding carboxylic acids is 1. The summed E-state index contributed by atoms with van der Waals surface area (Å²) in [5, 5.41) is 31.2. The Balaban J connectivity index is 1.32. The molecule has 10 heteroatoms. The molecule has 4 rings (SSSR count). The van der Waals surface area contributed by atoms with Gasteiger partial charge < -0.3 is 25.5 Å². The molecule has 1 aromatic heterocycles. The highest BCUT2D eigenvalue weighted by Gasteiger charge is 2.36. The first kappa shape index (κ1) is 28.4. The van der Waals surface area contributed by atoms with Gasteiger partial charge in [0.25, 0.3) is 5.91 Å². The first-order chi connectivity index (χ1) is 18.5. The Kier molecular flexibility index (Phi) is 8.46. The van der Waals surface area contributed by atoms with Crippen molar-refractivity contribution in [3.63, 3.8) is 0 Å². The van der Waals surface area contributed by atoms with E-state index in [9.17, 15) is 19.8 Å². The summed E-state index contributed by atoms with van der Waals surface area (Å²) >= 11 is 0. The number of aliphatic carboxylic acids is 1. The maximum atomic E-state index is 12.4. The molecule has 2 aromatic rings. The molecule has 0 aliphatic carbocycles. The average molecular weight is 536 g/mol. The number of aromatic nitrogens is 1. The number of aliphatic hydroxyl groups excluding tert-OH is 1. The molecule has 0 radical (unpaired) electrons. The summed E-state index contributed by atoms with van der Waals surface area (Å²) in [6.07, 6.45) is 5.21. The molecule has 39 heavy (non-hydrogen) atoms. The second-order valence-corrected chi connectivity index (χ2v) is 11.2. The van der Waals surface area contributed by atoms with Crippen LogP contribution in [0.2, 0.25) is 0 Å². The van der Waals surface area contributed by atoms with E-state index in [2.05, 4.69) is 50.5 Å². The first-order valence-electron chi connectivity index (χ1n) is 13.3. The SMILES string of the molecule is CC1(O)C=NC(CC2CCN(c3ccc(-c4ccc(C(C)(C)CO)cc4)cn3)CC2)N=C1C(=O)NCC(=O)O. The fraction of sp³-hybridized carbons (Fsp3) is 0.483. The van der Waals surface area contributed by atoms with E-state index in [1.165, 1.54) is 13.1 Å². The molecule has 2 aliphatic rings.